The second-order valence-corrected chi connectivity index (χ2v) is 7.31. The highest BCUT2D eigenvalue weighted by molar-refractivity contribution is 5.82. The molecule has 1 amide bonds. The molecule has 2 aromatic heterocycles. The van der Waals surface area contributed by atoms with Crippen LogP contribution in [0.15, 0.2) is 39.8 Å². The summed E-state index contributed by atoms with van der Waals surface area (Å²) in [5.74, 6) is -0.308. The fourth-order valence-corrected chi connectivity index (χ4v) is 3.37. The van der Waals surface area contributed by atoms with E-state index in [-0.39, 0.29) is 12.3 Å². The second kappa shape index (κ2) is 9.07. The number of oxazole rings is 1. The summed E-state index contributed by atoms with van der Waals surface area (Å²) in [6, 6.07) is 6.70. The Morgan fingerprint density at radius 2 is 2.19 bits per heavy atom. The van der Waals surface area contributed by atoms with E-state index in [1.54, 1.807) is 25.5 Å². The Kier molecular flexibility index (Phi) is 6.06. The lowest BCUT2D eigenvalue weighted by atomic mass is 10.1. The Labute approximate surface area is 177 Å². The Morgan fingerprint density at radius 3 is 2.97 bits per heavy atom. The molecule has 1 saturated heterocycles. The van der Waals surface area contributed by atoms with Crippen LogP contribution in [-0.2, 0) is 23.0 Å². The Morgan fingerprint density at radius 1 is 1.39 bits per heavy atom. The van der Waals surface area contributed by atoms with E-state index in [0.29, 0.717) is 30.1 Å². The van der Waals surface area contributed by atoms with E-state index in [1.807, 2.05) is 12.1 Å². The number of amides is 1. The molecule has 0 unspecified atom stereocenters. The second-order valence-electron chi connectivity index (χ2n) is 7.31. The predicted octanol–water partition coefficient (Wildman–Crippen LogP) is 0.518. The minimum atomic E-state index is -0.762. The summed E-state index contributed by atoms with van der Waals surface area (Å²) in [5.41, 5.74) is 2.77. The van der Waals surface area contributed by atoms with Crippen LogP contribution in [0.4, 0.5) is 0 Å². The SMILES string of the molecule is Cn1c(=O)oc2ccc(-c3cnc(C[C@@H](C#N)NC(=O)[C@@H]4CNCCCO4)nc3)cc21. The molecule has 0 radical (unpaired) electrons. The maximum Gasteiger partial charge on any atom is 0.419 e. The molecule has 2 N–H and O–H groups in total. The lowest BCUT2D eigenvalue weighted by molar-refractivity contribution is -0.132. The lowest BCUT2D eigenvalue weighted by Crippen LogP contribution is -2.46. The first kappa shape index (κ1) is 20.7. The number of hydrogen-bond acceptors (Lipinski definition) is 8. The number of rotatable bonds is 5. The van der Waals surface area contributed by atoms with Gasteiger partial charge in [-0.15, -0.1) is 0 Å². The average Bonchev–Trinajstić information content (AvgIpc) is 2.96. The van der Waals surface area contributed by atoms with Gasteiger partial charge in [-0.05, 0) is 30.7 Å². The van der Waals surface area contributed by atoms with Crippen molar-refractivity contribution < 1.29 is 13.9 Å². The summed E-state index contributed by atoms with van der Waals surface area (Å²) in [5, 5.41) is 15.3. The molecular weight excluding hydrogens is 400 g/mol. The highest BCUT2D eigenvalue weighted by Crippen LogP contribution is 2.22. The van der Waals surface area contributed by atoms with Crippen molar-refractivity contribution in [3.8, 4) is 17.2 Å². The molecule has 3 aromatic rings. The number of nitrogens with zero attached hydrogens (tertiary/aromatic N) is 4. The molecule has 10 heteroatoms. The summed E-state index contributed by atoms with van der Waals surface area (Å²) < 4.78 is 12.1. The molecule has 1 fully saturated rings. The minimum Gasteiger partial charge on any atom is -0.408 e. The van der Waals surface area contributed by atoms with Crippen LogP contribution >= 0.6 is 0 Å². The van der Waals surface area contributed by atoms with E-state index in [1.165, 1.54) is 4.57 Å². The molecule has 1 aliphatic rings. The zero-order chi connectivity index (χ0) is 21.8. The van der Waals surface area contributed by atoms with Gasteiger partial charge in [-0.3, -0.25) is 9.36 Å². The van der Waals surface area contributed by atoms with Crippen LogP contribution in [-0.4, -0.2) is 52.3 Å². The number of hydrogen-bond donors (Lipinski definition) is 2. The number of carbonyl (C=O) groups excluding carboxylic acids is 1. The fourth-order valence-electron chi connectivity index (χ4n) is 3.37. The van der Waals surface area contributed by atoms with Gasteiger partial charge in [0, 0.05) is 44.6 Å². The van der Waals surface area contributed by atoms with Crippen LogP contribution in [0.1, 0.15) is 12.2 Å². The maximum atomic E-state index is 12.4. The largest absolute Gasteiger partial charge is 0.419 e. The molecule has 4 rings (SSSR count). The van der Waals surface area contributed by atoms with Gasteiger partial charge >= 0.3 is 5.76 Å². The van der Waals surface area contributed by atoms with Gasteiger partial charge in [-0.25, -0.2) is 14.8 Å². The van der Waals surface area contributed by atoms with E-state index < -0.39 is 17.9 Å². The first-order valence-corrected chi connectivity index (χ1v) is 9.98. The van der Waals surface area contributed by atoms with Crippen LogP contribution < -0.4 is 16.4 Å². The zero-order valence-electron chi connectivity index (χ0n) is 17.0. The number of nitrogens with one attached hydrogen (secondary N) is 2. The summed E-state index contributed by atoms with van der Waals surface area (Å²) in [7, 11) is 1.64. The number of carbonyl (C=O) groups is 1. The van der Waals surface area contributed by atoms with Crippen LogP contribution in [0.2, 0.25) is 0 Å². The van der Waals surface area contributed by atoms with E-state index in [2.05, 4.69) is 26.7 Å². The Bertz CT molecular complexity index is 1170. The summed E-state index contributed by atoms with van der Waals surface area (Å²) in [6.07, 6.45) is 3.70. The molecule has 0 aliphatic carbocycles. The molecule has 2 atom stereocenters. The van der Waals surface area contributed by atoms with Crippen molar-refractivity contribution >= 4 is 17.0 Å². The van der Waals surface area contributed by atoms with Crippen molar-refractivity contribution in [3.05, 3.63) is 47.0 Å². The third kappa shape index (κ3) is 4.63. The number of nitriles is 1. The summed E-state index contributed by atoms with van der Waals surface area (Å²) in [4.78, 5) is 32.7. The smallest absolute Gasteiger partial charge is 0.408 e. The molecule has 31 heavy (non-hydrogen) atoms. The number of fused-ring (bicyclic) bond motifs is 1. The molecule has 0 bridgehead atoms. The maximum absolute atomic E-state index is 12.4. The fraction of sp³-hybridized carbons (Fsp3) is 0.381. The molecule has 0 spiro atoms. The summed E-state index contributed by atoms with van der Waals surface area (Å²) >= 11 is 0. The normalized spacial score (nSPS) is 17.6. The quantitative estimate of drug-likeness (QED) is 0.607. The molecule has 0 saturated carbocycles. The Balaban J connectivity index is 1.43. The summed E-state index contributed by atoms with van der Waals surface area (Å²) in [6.45, 7) is 1.73. The zero-order valence-corrected chi connectivity index (χ0v) is 17.0. The van der Waals surface area contributed by atoms with Gasteiger partial charge in [0.15, 0.2) is 5.58 Å². The van der Waals surface area contributed by atoms with Crippen molar-refractivity contribution in [3.63, 3.8) is 0 Å². The van der Waals surface area contributed by atoms with Crippen molar-refractivity contribution in [1.29, 1.82) is 5.26 Å². The topological polar surface area (TPSA) is 135 Å². The number of aryl methyl sites for hydroxylation is 1. The van der Waals surface area contributed by atoms with Gasteiger partial charge in [0.25, 0.3) is 5.91 Å². The van der Waals surface area contributed by atoms with Crippen molar-refractivity contribution in [2.75, 3.05) is 19.7 Å². The van der Waals surface area contributed by atoms with Crippen LogP contribution in [0, 0.1) is 11.3 Å². The molecular formula is C21H22N6O4. The lowest BCUT2D eigenvalue weighted by Gasteiger charge is -2.17. The molecule has 1 aromatic carbocycles. The number of benzene rings is 1. The monoisotopic (exact) mass is 422 g/mol. The van der Waals surface area contributed by atoms with E-state index in [0.717, 1.165) is 24.1 Å². The highest BCUT2D eigenvalue weighted by atomic mass is 16.5. The Hall–Kier alpha value is -3.55. The first-order chi connectivity index (χ1) is 15.0. The highest BCUT2D eigenvalue weighted by Gasteiger charge is 2.24. The van der Waals surface area contributed by atoms with E-state index in [4.69, 9.17) is 9.15 Å². The number of aromatic nitrogens is 3. The van der Waals surface area contributed by atoms with Gasteiger partial charge < -0.3 is 19.8 Å². The van der Waals surface area contributed by atoms with Crippen molar-refractivity contribution in [1.82, 2.24) is 25.2 Å². The molecule has 1 aliphatic heterocycles. The van der Waals surface area contributed by atoms with Gasteiger partial charge in [0.05, 0.1) is 11.6 Å². The number of ether oxygens (including phenoxy) is 1. The standard InChI is InChI=1S/C21H22N6O4/c1-27-16-7-13(3-4-17(16)31-21(27)29)14-10-24-19(25-11-14)8-15(9-22)26-20(28)18-12-23-5-2-6-30-18/h3-4,7,10-11,15,18,23H,2,5-6,8,12H2,1H3,(H,26,28)/t15-,18-/m0/s1. The van der Waals surface area contributed by atoms with Crippen LogP contribution in [0.5, 0.6) is 0 Å². The van der Waals surface area contributed by atoms with Gasteiger partial charge in [-0.2, -0.15) is 5.26 Å². The average molecular weight is 422 g/mol. The van der Waals surface area contributed by atoms with Gasteiger partial charge in [0.2, 0.25) is 0 Å². The predicted molar refractivity (Wildman–Crippen MR) is 111 cm³/mol. The van der Waals surface area contributed by atoms with Crippen molar-refractivity contribution in [2.45, 2.75) is 25.0 Å². The first-order valence-electron chi connectivity index (χ1n) is 9.98. The molecule has 3 heterocycles. The van der Waals surface area contributed by atoms with Gasteiger partial charge in [0.1, 0.15) is 18.0 Å². The van der Waals surface area contributed by atoms with E-state index >= 15 is 0 Å². The van der Waals surface area contributed by atoms with Crippen molar-refractivity contribution in [2.24, 2.45) is 7.05 Å². The molecule has 160 valence electrons. The van der Waals surface area contributed by atoms with E-state index in [9.17, 15) is 14.9 Å². The third-order valence-corrected chi connectivity index (χ3v) is 5.13. The molecule has 10 nitrogen and oxygen atoms in total. The third-order valence-electron chi connectivity index (χ3n) is 5.13. The van der Waals surface area contributed by atoms with Crippen LogP contribution in [0.25, 0.3) is 22.2 Å². The van der Waals surface area contributed by atoms with Crippen LogP contribution in [0.3, 0.4) is 0 Å². The minimum absolute atomic E-state index is 0.179. The van der Waals surface area contributed by atoms with Gasteiger partial charge in [-0.1, -0.05) is 6.07 Å².